The molecule has 4 aromatic heterocycles. The van der Waals surface area contributed by atoms with Crippen molar-refractivity contribution in [2.75, 3.05) is 0 Å². The van der Waals surface area contributed by atoms with Gasteiger partial charge in [-0.3, -0.25) is 9.97 Å². The van der Waals surface area contributed by atoms with Crippen molar-refractivity contribution in [1.82, 2.24) is 29.9 Å². The minimum absolute atomic E-state index is 0.999. The largest absolute Gasteiger partial charge is 0.264 e. The minimum atomic E-state index is 0.999. The maximum absolute atomic E-state index is 4.48. The number of aromatic nitrogens is 6. The lowest BCUT2D eigenvalue weighted by molar-refractivity contribution is 1.17. The summed E-state index contributed by atoms with van der Waals surface area (Å²) in [5.41, 5.74) is 20.8. The molecule has 4 aromatic carbocycles. The van der Waals surface area contributed by atoms with Crippen LogP contribution in [0.4, 0.5) is 0 Å². The van der Waals surface area contributed by atoms with Crippen molar-refractivity contribution >= 4 is 11.1 Å². The summed E-state index contributed by atoms with van der Waals surface area (Å²) in [4.78, 5) is 25.7. The minimum Gasteiger partial charge on any atom is -0.264 e. The molecule has 6 nitrogen and oxygen atoms in total. The molecular weight excluding hydrogens is 613 g/mol. The Bertz CT molecular complexity index is 2430. The molecule has 10 rings (SSSR count). The van der Waals surface area contributed by atoms with Gasteiger partial charge in [0.25, 0.3) is 0 Å². The van der Waals surface area contributed by atoms with Crippen molar-refractivity contribution in [3.8, 4) is 66.8 Å². The molecule has 0 fully saturated rings. The molecule has 6 heteroatoms. The Morgan fingerprint density at radius 2 is 0.580 bits per heavy atom. The van der Waals surface area contributed by atoms with Gasteiger partial charge in [-0.05, 0) is 102 Å². The van der Waals surface area contributed by atoms with Gasteiger partial charge in [0.1, 0.15) is 12.7 Å². The molecule has 8 aromatic rings. The average Bonchev–Trinajstić information content (AvgIpc) is 3.70. The van der Waals surface area contributed by atoms with E-state index in [1.54, 1.807) is 12.7 Å². The first-order valence-corrected chi connectivity index (χ1v) is 16.4. The van der Waals surface area contributed by atoms with Gasteiger partial charge in [0.2, 0.25) is 0 Å². The van der Waals surface area contributed by atoms with Crippen LogP contribution < -0.4 is 0 Å². The lowest BCUT2D eigenvalue weighted by Crippen LogP contribution is -1.91. The van der Waals surface area contributed by atoms with E-state index in [9.17, 15) is 0 Å². The van der Waals surface area contributed by atoms with E-state index in [0.29, 0.717) is 0 Å². The van der Waals surface area contributed by atoms with Gasteiger partial charge in [-0.1, -0.05) is 72.8 Å². The van der Waals surface area contributed by atoms with E-state index in [-0.39, 0.29) is 0 Å². The maximum Gasteiger partial charge on any atom is 0.115 e. The first kappa shape index (κ1) is 28.1. The fourth-order valence-electron chi connectivity index (χ4n) is 7.42. The molecular formula is C44H26N6. The monoisotopic (exact) mass is 638 g/mol. The third-order valence-electron chi connectivity index (χ3n) is 9.81. The highest BCUT2D eigenvalue weighted by atomic mass is 14.8. The summed E-state index contributed by atoms with van der Waals surface area (Å²) < 4.78 is 0. The SMILES string of the molecule is c1cc2c(cn1)-c1cnccc1C2=C1c2ccc(-c3ccc(-c4cncnc4)cc3)cc2-c2cc(-c3ccc(-c4cncnc4)cc3)ccc21. The molecule has 0 amide bonds. The van der Waals surface area contributed by atoms with Crippen LogP contribution in [0, 0.1) is 0 Å². The average molecular weight is 639 g/mol. The number of hydrogen-bond acceptors (Lipinski definition) is 6. The van der Waals surface area contributed by atoms with E-state index >= 15 is 0 Å². The zero-order valence-corrected chi connectivity index (χ0v) is 26.7. The Kier molecular flexibility index (Phi) is 6.39. The van der Waals surface area contributed by atoms with Crippen molar-refractivity contribution in [2.24, 2.45) is 0 Å². The molecule has 0 aliphatic heterocycles. The molecule has 232 valence electrons. The van der Waals surface area contributed by atoms with E-state index in [4.69, 9.17) is 0 Å². The summed E-state index contributed by atoms with van der Waals surface area (Å²) in [6.45, 7) is 0. The first-order chi connectivity index (χ1) is 24.8. The van der Waals surface area contributed by atoms with Crippen LogP contribution in [0.3, 0.4) is 0 Å². The summed E-state index contributed by atoms with van der Waals surface area (Å²) in [5.74, 6) is 0. The van der Waals surface area contributed by atoms with E-state index in [2.05, 4.69) is 127 Å². The van der Waals surface area contributed by atoms with Crippen molar-refractivity contribution in [3.05, 3.63) is 182 Å². The van der Waals surface area contributed by atoms with E-state index in [1.165, 1.54) is 44.5 Å². The van der Waals surface area contributed by atoms with Crippen LogP contribution in [-0.4, -0.2) is 29.9 Å². The van der Waals surface area contributed by atoms with Gasteiger partial charge in [0.05, 0.1) is 0 Å². The molecule has 50 heavy (non-hydrogen) atoms. The summed E-state index contributed by atoms with van der Waals surface area (Å²) in [6.07, 6.45) is 18.2. The topological polar surface area (TPSA) is 77.3 Å². The van der Waals surface area contributed by atoms with Gasteiger partial charge in [-0.15, -0.1) is 0 Å². The fraction of sp³-hybridized carbons (Fsp3) is 0. The van der Waals surface area contributed by atoms with Gasteiger partial charge >= 0.3 is 0 Å². The second-order valence-corrected chi connectivity index (χ2v) is 12.5. The Labute approximate surface area is 288 Å². The fourth-order valence-corrected chi connectivity index (χ4v) is 7.42. The van der Waals surface area contributed by atoms with Crippen LogP contribution in [0.2, 0.25) is 0 Å². The first-order valence-electron chi connectivity index (χ1n) is 16.4. The smallest absolute Gasteiger partial charge is 0.115 e. The second-order valence-electron chi connectivity index (χ2n) is 12.5. The molecule has 0 spiro atoms. The van der Waals surface area contributed by atoms with E-state index in [1.807, 2.05) is 49.6 Å². The predicted molar refractivity (Wildman–Crippen MR) is 197 cm³/mol. The normalized spacial score (nSPS) is 12.3. The Hall–Kier alpha value is -6.92. The van der Waals surface area contributed by atoms with Crippen LogP contribution in [0.1, 0.15) is 22.3 Å². The van der Waals surface area contributed by atoms with Crippen molar-refractivity contribution in [3.63, 3.8) is 0 Å². The molecule has 0 atom stereocenters. The van der Waals surface area contributed by atoms with Crippen LogP contribution in [0.25, 0.3) is 77.9 Å². The molecule has 0 saturated heterocycles. The quantitative estimate of drug-likeness (QED) is 0.191. The van der Waals surface area contributed by atoms with Crippen LogP contribution in [0.15, 0.2) is 159 Å². The molecule has 4 heterocycles. The summed E-state index contributed by atoms with van der Waals surface area (Å²) >= 11 is 0. The van der Waals surface area contributed by atoms with Gasteiger partial charge in [0.15, 0.2) is 0 Å². The highest BCUT2D eigenvalue weighted by molar-refractivity contribution is 6.19. The van der Waals surface area contributed by atoms with Crippen LogP contribution in [-0.2, 0) is 0 Å². The Morgan fingerprint density at radius 3 is 0.980 bits per heavy atom. The zero-order valence-electron chi connectivity index (χ0n) is 26.7. The molecule has 2 aliphatic rings. The lowest BCUT2D eigenvalue weighted by Gasteiger charge is -2.12. The summed E-state index contributed by atoms with van der Waals surface area (Å²) in [5, 5.41) is 0. The van der Waals surface area contributed by atoms with Gasteiger partial charge in [0, 0.05) is 71.8 Å². The number of benzene rings is 4. The second kappa shape index (κ2) is 11.4. The molecule has 0 saturated carbocycles. The van der Waals surface area contributed by atoms with Gasteiger partial charge in [-0.2, -0.15) is 0 Å². The van der Waals surface area contributed by atoms with Crippen LogP contribution in [0.5, 0.6) is 0 Å². The lowest BCUT2D eigenvalue weighted by atomic mass is 9.91. The van der Waals surface area contributed by atoms with E-state index in [0.717, 1.165) is 55.6 Å². The number of rotatable bonds is 4. The predicted octanol–water partition coefficient (Wildman–Crippen LogP) is 9.69. The molecule has 0 unspecified atom stereocenters. The number of hydrogen-bond donors (Lipinski definition) is 0. The van der Waals surface area contributed by atoms with Crippen molar-refractivity contribution in [2.45, 2.75) is 0 Å². The molecule has 0 N–H and O–H groups in total. The summed E-state index contributed by atoms with van der Waals surface area (Å²) in [7, 11) is 0. The highest BCUT2D eigenvalue weighted by Crippen LogP contribution is 2.54. The Morgan fingerprint density at radius 1 is 0.240 bits per heavy atom. The third kappa shape index (κ3) is 4.50. The number of fused-ring (bicyclic) bond motifs is 6. The molecule has 2 aliphatic carbocycles. The van der Waals surface area contributed by atoms with E-state index < -0.39 is 0 Å². The standard InChI is InChI=1S/C44H26N6/c1-5-29(33-19-47-25-48-20-33)6-2-27(1)31-9-11-35-39(17-31)40-18-32(28-3-7-30(8-4-28)34-21-49-26-50-22-34)10-12-36(40)43(35)44-37-13-15-45-23-41(37)42-24-46-16-14-38(42)44/h1-26H. The molecule has 0 radical (unpaired) electrons. The summed E-state index contributed by atoms with van der Waals surface area (Å²) in [6, 6.07) is 35.3. The van der Waals surface area contributed by atoms with Gasteiger partial charge in [-0.25, -0.2) is 19.9 Å². The Balaban J connectivity index is 1.15. The van der Waals surface area contributed by atoms with Crippen LogP contribution >= 0.6 is 0 Å². The highest BCUT2D eigenvalue weighted by Gasteiger charge is 2.33. The van der Waals surface area contributed by atoms with Gasteiger partial charge < -0.3 is 0 Å². The number of pyridine rings is 2. The zero-order chi connectivity index (χ0) is 33.0. The third-order valence-corrected chi connectivity index (χ3v) is 9.81. The van der Waals surface area contributed by atoms with Crippen molar-refractivity contribution in [1.29, 1.82) is 0 Å². The molecule has 0 bridgehead atoms. The maximum atomic E-state index is 4.48. The number of nitrogens with zero attached hydrogens (tertiary/aromatic N) is 6. The van der Waals surface area contributed by atoms with Crippen molar-refractivity contribution < 1.29 is 0 Å².